The Labute approximate surface area is 269 Å². The molecule has 0 spiro atoms. The minimum absolute atomic E-state index is 0.183. The highest BCUT2D eigenvalue weighted by atomic mass is 35.5. The highest BCUT2D eigenvalue weighted by molar-refractivity contribution is 7.92. The average Bonchev–Trinajstić information content (AvgIpc) is 2.95. The molecule has 44 heavy (non-hydrogen) atoms. The third-order valence-electron chi connectivity index (χ3n) is 6.94. The molecule has 0 unspecified atom stereocenters. The quantitative estimate of drug-likeness (QED) is 0.226. The molecule has 0 saturated heterocycles. The number of hydrogen-bond donors (Lipinski definition) is 1. The van der Waals surface area contributed by atoms with Crippen LogP contribution in [0, 0.1) is 6.92 Å². The fourth-order valence-electron chi connectivity index (χ4n) is 4.13. The molecule has 0 fully saturated rings. The number of aryl methyl sites for hydroxylation is 1. The molecule has 0 radical (unpaired) electrons. The molecule has 0 saturated carbocycles. The van der Waals surface area contributed by atoms with Crippen LogP contribution in [-0.2, 0) is 32.3 Å². The van der Waals surface area contributed by atoms with Gasteiger partial charge in [-0.25, -0.2) is 8.42 Å². The molecular formula is C30H31Cl3F3N3O4S. The van der Waals surface area contributed by atoms with Gasteiger partial charge in [0.2, 0.25) is 11.8 Å². The van der Waals surface area contributed by atoms with Crippen molar-refractivity contribution >= 4 is 62.3 Å². The average molecular weight is 693 g/mol. The van der Waals surface area contributed by atoms with Gasteiger partial charge in [0, 0.05) is 12.6 Å². The number of nitrogens with one attached hydrogen (secondary N) is 1. The summed E-state index contributed by atoms with van der Waals surface area (Å²) in [5, 5.41) is 2.61. The lowest BCUT2D eigenvalue weighted by molar-refractivity contribution is -0.139. The minimum Gasteiger partial charge on any atom is -0.352 e. The summed E-state index contributed by atoms with van der Waals surface area (Å²) in [5.41, 5.74) is -0.495. The maximum Gasteiger partial charge on any atom is 0.417 e. The maximum absolute atomic E-state index is 14.0. The lowest BCUT2D eigenvalue weighted by Crippen LogP contribution is -2.52. The Morgan fingerprint density at radius 3 is 2.09 bits per heavy atom. The fraction of sp³-hybridized carbons (Fsp3) is 0.333. The van der Waals surface area contributed by atoms with Crippen LogP contribution >= 0.6 is 34.8 Å². The van der Waals surface area contributed by atoms with E-state index in [2.05, 4.69) is 5.32 Å². The van der Waals surface area contributed by atoms with Crippen LogP contribution in [-0.4, -0.2) is 43.8 Å². The van der Waals surface area contributed by atoms with Gasteiger partial charge in [0.05, 0.1) is 31.2 Å². The molecule has 0 aliphatic heterocycles. The van der Waals surface area contributed by atoms with Crippen molar-refractivity contribution in [2.45, 2.75) is 63.8 Å². The zero-order valence-electron chi connectivity index (χ0n) is 24.3. The van der Waals surface area contributed by atoms with E-state index >= 15 is 0 Å². The first-order valence-electron chi connectivity index (χ1n) is 13.5. The number of amides is 2. The molecular weight excluding hydrogens is 662 g/mol. The smallest absolute Gasteiger partial charge is 0.352 e. The van der Waals surface area contributed by atoms with Gasteiger partial charge in [-0.1, -0.05) is 65.5 Å². The van der Waals surface area contributed by atoms with Gasteiger partial charge in [-0.2, -0.15) is 13.2 Å². The first-order chi connectivity index (χ1) is 20.4. The predicted molar refractivity (Wildman–Crippen MR) is 167 cm³/mol. The van der Waals surface area contributed by atoms with Gasteiger partial charge < -0.3 is 10.2 Å². The van der Waals surface area contributed by atoms with Gasteiger partial charge in [-0.3, -0.25) is 13.9 Å². The van der Waals surface area contributed by atoms with Crippen LogP contribution in [0.15, 0.2) is 65.6 Å². The second-order valence-corrected chi connectivity index (χ2v) is 13.3. The monoisotopic (exact) mass is 691 g/mol. The first-order valence-corrected chi connectivity index (χ1v) is 16.0. The number of carbonyl (C=O) groups excluding carboxylic acids is 2. The van der Waals surface area contributed by atoms with Crippen LogP contribution in [0.1, 0.15) is 43.9 Å². The van der Waals surface area contributed by atoms with Crippen LogP contribution in [0.25, 0.3) is 0 Å². The van der Waals surface area contributed by atoms with Gasteiger partial charge in [-0.15, -0.1) is 0 Å². The second-order valence-electron chi connectivity index (χ2n) is 10.3. The summed E-state index contributed by atoms with van der Waals surface area (Å²) < 4.78 is 69.7. The van der Waals surface area contributed by atoms with Crippen LogP contribution in [0.2, 0.25) is 15.1 Å². The molecule has 3 rings (SSSR count). The van der Waals surface area contributed by atoms with Crippen molar-refractivity contribution in [2.24, 2.45) is 0 Å². The number of nitrogens with zero attached hydrogens (tertiary/aromatic N) is 2. The van der Waals surface area contributed by atoms with E-state index in [1.807, 2.05) is 6.92 Å². The van der Waals surface area contributed by atoms with Crippen molar-refractivity contribution in [1.82, 2.24) is 10.2 Å². The van der Waals surface area contributed by atoms with E-state index < -0.39 is 56.9 Å². The van der Waals surface area contributed by atoms with E-state index in [0.29, 0.717) is 22.4 Å². The van der Waals surface area contributed by atoms with E-state index in [4.69, 9.17) is 34.8 Å². The standard InChI is InChI=1S/C30H31Cl3F3N3O4S/c1-5-19(3)37-29(41)20(4)38(16-21-8-12-26(32)27(33)14-21)28(40)17-39(44(42,43)23-10-6-18(2)7-11-23)22-9-13-25(31)24(15-22)30(34,35)36/h6-15,19-20H,5,16-17H2,1-4H3,(H,37,41)/t19-,20-/m1/s1. The number of sulfonamides is 1. The van der Waals surface area contributed by atoms with E-state index in [0.717, 1.165) is 22.6 Å². The zero-order chi connectivity index (χ0) is 33.0. The Hall–Kier alpha value is -2.99. The molecule has 7 nitrogen and oxygen atoms in total. The normalized spacial score (nSPS) is 13.2. The Kier molecular flexibility index (Phi) is 11.6. The number of benzene rings is 3. The third-order valence-corrected chi connectivity index (χ3v) is 9.79. The maximum atomic E-state index is 14.0. The van der Waals surface area contributed by atoms with Crippen LogP contribution < -0.4 is 9.62 Å². The molecule has 0 bridgehead atoms. The van der Waals surface area contributed by atoms with Crippen LogP contribution in [0.5, 0.6) is 0 Å². The summed E-state index contributed by atoms with van der Waals surface area (Å²) >= 11 is 18.0. The van der Waals surface area contributed by atoms with Crippen molar-refractivity contribution in [3.05, 3.63) is 92.4 Å². The molecule has 2 amide bonds. The Balaban J connectivity index is 2.13. The highest BCUT2D eigenvalue weighted by Crippen LogP contribution is 2.38. The third kappa shape index (κ3) is 8.59. The van der Waals surface area contributed by atoms with E-state index in [-0.39, 0.29) is 27.5 Å². The predicted octanol–water partition coefficient (Wildman–Crippen LogP) is 7.50. The Morgan fingerprint density at radius 1 is 0.909 bits per heavy atom. The van der Waals surface area contributed by atoms with Gasteiger partial charge in [-0.05, 0) is 75.2 Å². The summed E-state index contributed by atoms with van der Waals surface area (Å²) in [6.07, 6.45) is -4.29. The summed E-state index contributed by atoms with van der Waals surface area (Å²) in [4.78, 5) is 28.0. The Morgan fingerprint density at radius 2 is 1.52 bits per heavy atom. The van der Waals surface area contributed by atoms with E-state index in [1.165, 1.54) is 43.3 Å². The molecule has 238 valence electrons. The lowest BCUT2D eigenvalue weighted by Gasteiger charge is -2.32. The van der Waals surface area contributed by atoms with Gasteiger partial charge in [0.15, 0.2) is 0 Å². The minimum atomic E-state index is -4.90. The van der Waals surface area contributed by atoms with Crippen molar-refractivity contribution in [3.63, 3.8) is 0 Å². The molecule has 3 aromatic rings. The van der Waals surface area contributed by atoms with Crippen LogP contribution in [0.4, 0.5) is 18.9 Å². The lowest BCUT2D eigenvalue weighted by atomic mass is 10.1. The van der Waals surface area contributed by atoms with Crippen molar-refractivity contribution in [2.75, 3.05) is 10.8 Å². The molecule has 2 atom stereocenters. The number of halogens is 6. The highest BCUT2D eigenvalue weighted by Gasteiger charge is 2.37. The largest absolute Gasteiger partial charge is 0.417 e. The van der Waals surface area contributed by atoms with Gasteiger partial charge in [0.25, 0.3) is 10.0 Å². The number of alkyl halides is 3. The molecule has 0 aromatic heterocycles. The topological polar surface area (TPSA) is 86.8 Å². The first kappa shape index (κ1) is 35.5. The summed E-state index contributed by atoms with van der Waals surface area (Å²) in [6.45, 7) is 5.73. The van der Waals surface area contributed by atoms with Crippen molar-refractivity contribution in [3.8, 4) is 0 Å². The van der Waals surface area contributed by atoms with E-state index in [1.54, 1.807) is 19.9 Å². The molecule has 14 heteroatoms. The molecule has 1 N–H and O–H groups in total. The van der Waals surface area contributed by atoms with Gasteiger partial charge >= 0.3 is 6.18 Å². The Bertz CT molecular complexity index is 1620. The van der Waals surface area contributed by atoms with E-state index in [9.17, 15) is 31.2 Å². The van der Waals surface area contributed by atoms with Crippen molar-refractivity contribution in [1.29, 1.82) is 0 Å². The fourth-order valence-corrected chi connectivity index (χ4v) is 6.09. The van der Waals surface area contributed by atoms with Crippen LogP contribution in [0.3, 0.4) is 0 Å². The van der Waals surface area contributed by atoms with Gasteiger partial charge in [0.1, 0.15) is 12.6 Å². The zero-order valence-corrected chi connectivity index (χ0v) is 27.3. The van der Waals surface area contributed by atoms with Crippen molar-refractivity contribution < 1.29 is 31.2 Å². The molecule has 0 aliphatic rings. The molecule has 3 aromatic carbocycles. The number of rotatable bonds is 11. The molecule has 0 aliphatic carbocycles. The molecule has 0 heterocycles. The summed E-state index contributed by atoms with van der Waals surface area (Å²) in [5.74, 6) is -1.37. The number of carbonyl (C=O) groups is 2. The second kappa shape index (κ2) is 14.4. The summed E-state index contributed by atoms with van der Waals surface area (Å²) in [6, 6.07) is 11.5. The SMILES string of the molecule is CC[C@@H](C)NC(=O)[C@@H](C)N(Cc1ccc(Cl)c(Cl)c1)C(=O)CN(c1ccc(Cl)c(C(F)(F)F)c1)S(=O)(=O)c1ccc(C)cc1. The summed E-state index contributed by atoms with van der Waals surface area (Å²) in [7, 11) is -4.59. The number of hydrogen-bond acceptors (Lipinski definition) is 4. The number of anilines is 1.